The van der Waals surface area contributed by atoms with Crippen LogP contribution in [0.15, 0.2) is 47.4 Å². The van der Waals surface area contributed by atoms with Crippen molar-refractivity contribution in [3.8, 4) is 12.3 Å². The van der Waals surface area contributed by atoms with Crippen molar-refractivity contribution in [3.63, 3.8) is 0 Å². The van der Waals surface area contributed by atoms with Crippen molar-refractivity contribution in [2.75, 3.05) is 7.05 Å². The largest absolute Gasteiger partial charge is 0.393 e. The van der Waals surface area contributed by atoms with Crippen molar-refractivity contribution >= 4 is 11.8 Å². The summed E-state index contributed by atoms with van der Waals surface area (Å²) in [7, 11) is 1.82. The molecule has 1 aromatic rings. The summed E-state index contributed by atoms with van der Waals surface area (Å²) in [6.45, 7) is 1.92. The molecule has 2 rings (SSSR count). The van der Waals surface area contributed by atoms with Gasteiger partial charge in [0.25, 0.3) is 5.91 Å². The number of benzene rings is 1. The SMILES string of the molecule is C#CC(=C=O)N1C(=O)C(N)=C(CC)N(C)C1c1ccccc1. The van der Waals surface area contributed by atoms with Crippen molar-refractivity contribution in [1.29, 1.82) is 0 Å². The third-order valence-corrected chi connectivity index (χ3v) is 3.70. The van der Waals surface area contributed by atoms with E-state index in [2.05, 4.69) is 5.92 Å². The van der Waals surface area contributed by atoms with E-state index in [1.54, 1.807) is 5.94 Å². The molecule has 1 aliphatic rings. The smallest absolute Gasteiger partial charge is 0.278 e. The lowest BCUT2D eigenvalue weighted by molar-refractivity contribution is -0.132. The second kappa shape index (κ2) is 6.21. The Kier molecular flexibility index (Phi) is 4.36. The molecule has 0 spiro atoms. The molecule has 1 atom stereocenters. The summed E-state index contributed by atoms with van der Waals surface area (Å²) in [5.41, 5.74) is 7.42. The molecule has 1 unspecified atom stereocenters. The summed E-state index contributed by atoms with van der Waals surface area (Å²) in [6, 6.07) is 9.34. The van der Waals surface area contributed by atoms with E-state index in [-0.39, 0.29) is 11.4 Å². The highest BCUT2D eigenvalue weighted by Gasteiger charge is 2.39. The number of carbonyl (C=O) groups is 1. The molecule has 5 nitrogen and oxygen atoms in total. The van der Waals surface area contributed by atoms with Crippen LogP contribution in [0.1, 0.15) is 25.1 Å². The zero-order valence-corrected chi connectivity index (χ0v) is 12.5. The molecule has 0 saturated heterocycles. The first-order valence-electron chi connectivity index (χ1n) is 6.88. The number of nitrogens with zero attached hydrogens (tertiary/aromatic N) is 2. The van der Waals surface area contributed by atoms with Gasteiger partial charge in [-0.05, 0) is 17.9 Å². The van der Waals surface area contributed by atoms with Gasteiger partial charge >= 0.3 is 0 Å². The zero-order chi connectivity index (χ0) is 16.3. The molecule has 0 radical (unpaired) electrons. The minimum absolute atomic E-state index is 0.0974. The fourth-order valence-corrected chi connectivity index (χ4v) is 2.68. The normalized spacial score (nSPS) is 18.0. The summed E-state index contributed by atoms with van der Waals surface area (Å²) in [6.07, 6.45) is 5.43. The van der Waals surface area contributed by atoms with Crippen molar-refractivity contribution < 1.29 is 9.59 Å². The third-order valence-electron chi connectivity index (χ3n) is 3.70. The Morgan fingerprint density at radius 1 is 1.36 bits per heavy atom. The average Bonchev–Trinajstić information content (AvgIpc) is 2.54. The molecule has 112 valence electrons. The van der Waals surface area contributed by atoms with E-state index in [1.165, 1.54) is 4.90 Å². The lowest BCUT2D eigenvalue weighted by Crippen LogP contribution is -2.49. The van der Waals surface area contributed by atoms with Crippen molar-refractivity contribution in [1.82, 2.24) is 9.80 Å². The van der Waals surface area contributed by atoms with Gasteiger partial charge in [-0.25, -0.2) is 4.79 Å². The molecule has 22 heavy (non-hydrogen) atoms. The molecule has 2 N–H and O–H groups in total. The number of amides is 1. The fraction of sp³-hybridized carbons (Fsp3) is 0.235. The van der Waals surface area contributed by atoms with Gasteiger partial charge in [0.2, 0.25) is 0 Å². The predicted octanol–water partition coefficient (Wildman–Crippen LogP) is 1.39. The molecule has 1 aliphatic heterocycles. The van der Waals surface area contributed by atoms with E-state index >= 15 is 0 Å². The topological polar surface area (TPSA) is 66.6 Å². The fourth-order valence-electron chi connectivity index (χ4n) is 2.68. The van der Waals surface area contributed by atoms with E-state index in [0.29, 0.717) is 6.42 Å². The molecule has 1 aromatic carbocycles. The Balaban J connectivity index is 2.68. The van der Waals surface area contributed by atoms with E-state index < -0.39 is 12.1 Å². The minimum Gasteiger partial charge on any atom is -0.393 e. The van der Waals surface area contributed by atoms with Crippen LogP contribution in [0.4, 0.5) is 0 Å². The van der Waals surface area contributed by atoms with Crippen molar-refractivity contribution in [3.05, 3.63) is 53.0 Å². The summed E-state index contributed by atoms with van der Waals surface area (Å²) >= 11 is 0. The highest BCUT2D eigenvalue weighted by molar-refractivity contribution is 5.97. The molecule has 0 saturated carbocycles. The maximum Gasteiger partial charge on any atom is 0.278 e. The first-order chi connectivity index (χ1) is 10.6. The summed E-state index contributed by atoms with van der Waals surface area (Å²) in [5, 5.41) is 0. The van der Waals surface area contributed by atoms with Crippen LogP contribution in [0.5, 0.6) is 0 Å². The highest BCUT2D eigenvalue weighted by atomic mass is 16.2. The number of rotatable bonds is 3. The zero-order valence-electron chi connectivity index (χ0n) is 12.5. The number of terminal acetylenes is 1. The van der Waals surface area contributed by atoms with E-state index in [4.69, 9.17) is 12.2 Å². The molecule has 0 bridgehead atoms. The van der Waals surface area contributed by atoms with Crippen LogP contribution in [0.25, 0.3) is 0 Å². The van der Waals surface area contributed by atoms with Crippen LogP contribution in [0.2, 0.25) is 0 Å². The molecule has 0 fully saturated rings. The first-order valence-corrected chi connectivity index (χ1v) is 6.88. The molecular formula is C17H17N3O2. The minimum atomic E-state index is -0.525. The lowest BCUT2D eigenvalue weighted by Gasteiger charge is -2.43. The Morgan fingerprint density at radius 2 is 2.00 bits per heavy atom. The molecule has 5 heteroatoms. The number of nitrogens with two attached hydrogens (primary N) is 1. The number of hydrogen-bond donors (Lipinski definition) is 1. The third kappa shape index (κ3) is 2.37. The Bertz CT molecular complexity index is 709. The molecule has 0 aromatic heterocycles. The van der Waals surface area contributed by atoms with E-state index in [0.717, 1.165) is 11.3 Å². The predicted molar refractivity (Wildman–Crippen MR) is 83.3 cm³/mol. The number of carbonyl (C=O) groups excluding carboxylic acids is 2. The van der Waals surface area contributed by atoms with Gasteiger partial charge in [0, 0.05) is 12.7 Å². The van der Waals surface area contributed by atoms with Gasteiger partial charge in [-0.1, -0.05) is 37.3 Å². The second-order valence-electron chi connectivity index (χ2n) is 4.88. The Hall–Kier alpha value is -2.96. The maximum atomic E-state index is 12.6. The van der Waals surface area contributed by atoms with Gasteiger partial charge in [-0.2, -0.15) is 0 Å². The maximum absolute atomic E-state index is 12.6. The number of allylic oxidation sites excluding steroid dienone is 2. The summed E-state index contributed by atoms with van der Waals surface area (Å²) in [4.78, 5) is 26.8. The van der Waals surface area contributed by atoms with Crippen molar-refractivity contribution in [2.45, 2.75) is 19.5 Å². The first kappa shape index (κ1) is 15.4. The van der Waals surface area contributed by atoms with Crippen LogP contribution < -0.4 is 5.73 Å². The van der Waals surface area contributed by atoms with Crippen molar-refractivity contribution in [2.24, 2.45) is 5.73 Å². The second-order valence-corrected chi connectivity index (χ2v) is 4.88. The van der Waals surface area contributed by atoms with Crippen LogP contribution in [0, 0.1) is 12.3 Å². The van der Waals surface area contributed by atoms with Gasteiger partial charge < -0.3 is 10.6 Å². The van der Waals surface area contributed by atoms with Gasteiger partial charge in [-0.3, -0.25) is 9.69 Å². The van der Waals surface area contributed by atoms with Crippen LogP contribution in [-0.2, 0) is 9.59 Å². The van der Waals surface area contributed by atoms with Gasteiger partial charge in [0.1, 0.15) is 11.9 Å². The molecular weight excluding hydrogens is 278 g/mol. The van der Waals surface area contributed by atoms with Crippen LogP contribution in [0.3, 0.4) is 0 Å². The Morgan fingerprint density at radius 3 is 2.50 bits per heavy atom. The molecule has 1 amide bonds. The standard InChI is InChI=1S/C17H17N3O2/c1-4-13(11-21)20-16(12-9-7-6-8-10-12)19(3)14(5-2)15(18)17(20)22/h1,6-10,16H,5,18H2,2-3H3. The van der Waals surface area contributed by atoms with Gasteiger partial charge in [0.15, 0.2) is 11.6 Å². The Labute approximate surface area is 129 Å². The number of hydrogen-bond acceptors (Lipinski definition) is 4. The molecule has 0 aliphatic carbocycles. The summed E-state index contributed by atoms with van der Waals surface area (Å²) < 4.78 is 0. The van der Waals surface area contributed by atoms with E-state index in [9.17, 15) is 9.59 Å². The van der Waals surface area contributed by atoms with Crippen LogP contribution in [-0.4, -0.2) is 28.7 Å². The average molecular weight is 295 g/mol. The van der Waals surface area contributed by atoms with E-state index in [1.807, 2.05) is 49.2 Å². The van der Waals surface area contributed by atoms with Crippen LogP contribution >= 0.6 is 0 Å². The monoisotopic (exact) mass is 295 g/mol. The highest BCUT2D eigenvalue weighted by Crippen LogP contribution is 2.35. The van der Waals surface area contributed by atoms with Gasteiger partial charge in [-0.15, -0.1) is 6.42 Å². The quantitative estimate of drug-likeness (QED) is 0.676. The summed E-state index contributed by atoms with van der Waals surface area (Å²) in [5.74, 6) is 3.40. The lowest BCUT2D eigenvalue weighted by atomic mass is 10.0. The molecule has 1 heterocycles. The van der Waals surface area contributed by atoms with Gasteiger partial charge in [0.05, 0.1) is 0 Å².